The molecule has 0 amide bonds. The Morgan fingerprint density at radius 2 is 2.14 bits per heavy atom. The van der Waals surface area contributed by atoms with Crippen LogP contribution in [-0.2, 0) is 0 Å². The van der Waals surface area contributed by atoms with Crippen molar-refractivity contribution in [1.29, 1.82) is 0 Å². The molecule has 1 fully saturated rings. The van der Waals surface area contributed by atoms with Gasteiger partial charge in [-0.25, -0.2) is 4.39 Å². The van der Waals surface area contributed by atoms with Crippen molar-refractivity contribution >= 4 is 11.4 Å². The molecule has 0 radical (unpaired) electrons. The summed E-state index contributed by atoms with van der Waals surface area (Å²) >= 11 is 0. The second kappa shape index (κ2) is 6.85. The third kappa shape index (κ3) is 4.14. The SMILES string of the molecule is CC(C)N1CCCC(Nc2ccc([N+](=O)[O-])cc2F)CC1. The maximum atomic E-state index is 13.9. The van der Waals surface area contributed by atoms with Gasteiger partial charge in [-0.15, -0.1) is 0 Å². The first-order chi connectivity index (χ1) is 9.97. The minimum absolute atomic E-state index is 0.213. The zero-order valence-electron chi connectivity index (χ0n) is 12.5. The van der Waals surface area contributed by atoms with Crippen molar-refractivity contribution in [2.75, 3.05) is 18.4 Å². The quantitative estimate of drug-likeness (QED) is 0.683. The molecule has 1 N–H and O–H groups in total. The van der Waals surface area contributed by atoms with Crippen LogP contribution in [0.5, 0.6) is 0 Å². The van der Waals surface area contributed by atoms with Crippen LogP contribution in [0.3, 0.4) is 0 Å². The maximum Gasteiger partial charge on any atom is 0.272 e. The normalized spacial score (nSPS) is 20.3. The second-order valence-corrected chi connectivity index (χ2v) is 5.82. The topological polar surface area (TPSA) is 58.4 Å². The van der Waals surface area contributed by atoms with Gasteiger partial charge in [0.15, 0.2) is 5.82 Å². The lowest BCUT2D eigenvalue weighted by molar-refractivity contribution is -0.385. The van der Waals surface area contributed by atoms with E-state index in [4.69, 9.17) is 0 Å². The van der Waals surface area contributed by atoms with E-state index in [-0.39, 0.29) is 11.7 Å². The van der Waals surface area contributed by atoms with Crippen molar-refractivity contribution in [2.45, 2.75) is 45.2 Å². The summed E-state index contributed by atoms with van der Waals surface area (Å²) in [7, 11) is 0. The standard InChI is InChI=1S/C15H22FN3O2/c1-11(2)18-8-3-4-12(7-9-18)17-15-6-5-13(19(20)21)10-14(15)16/h5-6,10-12,17H,3-4,7-9H2,1-2H3. The number of halogens is 1. The minimum Gasteiger partial charge on any atom is -0.380 e. The van der Waals surface area contributed by atoms with E-state index in [1.54, 1.807) is 0 Å². The Labute approximate surface area is 124 Å². The molecule has 1 aromatic rings. The number of nitrogens with one attached hydrogen (secondary N) is 1. The molecule has 6 heteroatoms. The molecular formula is C15H22FN3O2. The summed E-state index contributed by atoms with van der Waals surface area (Å²) in [6.45, 7) is 6.43. The third-order valence-electron chi connectivity index (χ3n) is 4.02. The number of hydrogen-bond donors (Lipinski definition) is 1. The number of nitro groups is 1. The number of hydrogen-bond acceptors (Lipinski definition) is 4. The number of non-ortho nitro benzene ring substituents is 1. The molecule has 1 aliphatic heterocycles. The molecular weight excluding hydrogens is 273 g/mol. The van der Waals surface area contributed by atoms with Gasteiger partial charge in [0.2, 0.25) is 0 Å². The van der Waals surface area contributed by atoms with Crippen LogP contribution < -0.4 is 5.32 Å². The molecule has 1 unspecified atom stereocenters. The maximum absolute atomic E-state index is 13.9. The molecule has 2 rings (SSSR count). The van der Waals surface area contributed by atoms with Crippen molar-refractivity contribution in [3.8, 4) is 0 Å². The van der Waals surface area contributed by atoms with Crippen LogP contribution in [0.1, 0.15) is 33.1 Å². The number of nitro benzene ring substituents is 1. The summed E-state index contributed by atoms with van der Waals surface area (Å²) in [5.41, 5.74) is 0.133. The monoisotopic (exact) mass is 295 g/mol. The smallest absolute Gasteiger partial charge is 0.272 e. The van der Waals surface area contributed by atoms with E-state index in [1.807, 2.05) is 0 Å². The van der Waals surface area contributed by atoms with E-state index < -0.39 is 10.7 Å². The van der Waals surface area contributed by atoms with Gasteiger partial charge >= 0.3 is 0 Å². The predicted molar refractivity (Wildman–Crippen MR) is 81.0 cm³/mol. The molecule has 21 heavy (non-hydrogen) atoms. The Balaban J connectivity index is 2.00. The van der Waals surface area contributed by atoms with E-state index >= 15 is 0 Å². The first-order valence-electron chi connectivity index (χ1n) is 7.42. The van der Waals surface area contributed by atoms with Gasteiger partial charge < -0.3 is 10.2 Å². The Morgan fingerprint density at radius 3 is 2.76 bits per heavy atom. The van der Waals surface area contributed by atoms with Gasteiger partial charge in [-0.05, 0) is 45.7 Å². The molecule has 1 heterocycles. The largest absolute Gasteiger partial charge is 0.380 e. The summed E-state index contributed by atoms with van der Waals surface area (Å²) in [6.07, 6.45) is 3.01. The fourth-order valence-corrected chi connectivity index (χ4v) is 2.73. The summed E-state index contributed by atoms with van der Waals surface area (Å²) in [5, 5.41) is 13.8. The van der Waals surface area contributed by atoms with E-state index in [0.717, 1.165) is 38.4 Å². The van der Waals surface area contributed by atoms with Gasteiger partial charge in [-0.2, -0.15) is 0 Å². The zero-order chi connectivity index (χ0) is 15.4. The molecule has 0 spiro atoms. The van der Waals surface area contributed by atoms with Crippen LogP contribution >= 0.6 is 0 Å². The highest BCUT2D eigenvalue weighted by Gasteiger charge is 2.20. The molecule has 0 aliphatic carbocycles. The molecule has 116 valence electrons. The molecule has 0 bridgehead atoms. The highest BCUT2D eigenvalue weighted by Crippen LogP contribution is 2.23. The molecule has 1 aromatic carbocycles. The van der Waals surface area contributed by atoms with Crippen LogP contribution in [0, 0.1) is 15.9 Å². The Morgan fingerprint density at radius 1 is 1.38 bits per heavy atom. The number of benzene rings is 1. The number of anilines is 1. The third-order valence-corrected chi connectivity index (χ3v) is 4.02. The van der Waals surface area contributed by atoms with Gasteiger partial charge in [-0.3, -0.25) is 10.1 Å². The van der Waals surface area contributed by atoms with Gasteiger partial charge in [0.25, 0.3) is 5.69 Å². The molecule has 1 aliphatic rings. The van der Waals surface area contributed by atoms with E-state index in [0.29, 0.717) is 11.7 Å². The van der Waals surface area contributed by atoms with Crippen LogP contribution in [0.25, 0.3) is 0 Å². The Bertz CT molecular complexity index is 508. The fourth-order valence-electron chi connectivity index (χ4n) is 2.73. The van der Waals surface area contributed by atoms with E-state index in [9.17, 15) is 14.5 Å². The summed E-state index contributed by atoms with van der Waals surface area (Å²) in [6, 6.07) is 4.50. The lowest BCUT2D eigenvalue weighted by atomic mass is 10.1. The molecule has 0 saturated carbocycles. The Kier molecular flexibility index (Phi) is 5.12. The molecule has 1 saturated heterocycles. The van der Waals surface area contributed by atoms with Gasteiger partial charge in [0.1, 0.15) is 0 Å². The zero-order valence-corrected chi connectivity index (χ0v) is 12.5. The number of rotatable bonds is 4. The van der Waals surface area contributed by atoms with Crippen molar-refractivity contribution in [1.82, 2.24) is 4.90 Å². The van der Waals surface area contributed by atoms with E-state index in [1.165, 1.54) is 12.1 Å². The molecule has 0 aromatic heterocycles. The first-order valence-corrected chi connectivity index (χ1v) is 7.42. The lowest BCUT2D eigenvalue weighted by Gasteiger charge is -2.24. The van der Waals surface area contributed by atoms with Crippen LogP contribution in [0.15, 0.2) is 18.2 Å². The van der Waals surface area contributed by atoms with Gasteiger partial charge in [0, 0.05) is 24.7 Å². The van der Waals surface area contributed by atoms with Crippen LogP contribution in [-0.4, -0.2) is 35.0 Å². The first kappa shape index (κ1) is 15.7. The molecule has 5 nitrogen and oxygen atoms in total. The average molecular weight is 295 g/mol. The van der Waals surface area contributed by atoms with Crippen LogP contribution in [0.4, 0.5) is 15.8 Å². The number of likely N-dealkylation sites (tertiary alicyclic amines) is 1. The number of nitrogens with zero attached hydrogens (tertiary/aromatic N) is 2. The van der Waals surface area contributed by atoms with Crippen molar-refractivity contribution in [3.63, 3.8) is 0 Å². The van der Waals surface area contributed by atoms with E-state index in [2.05, 4.69) is 24.1 Å². The summed E-state index contributed by atoms with van der Waals surface area (Å²) in [5.74, 6) is -0.561. The lowest BCUT2D eigenvalue weighted by Crippen LogP contribution is -2.32. The average Bonchev–Trinajstić information content (AvgIpc) is 2.66. The predicted octanol–water partition coefficient (Wildman–Crippen LogP) is 3.41. The summed E-state index contributed by atoms with van der Waals surface area (Å²) in [4.78, 5) is 12.5. The fraction of sp³-hybridized carbons (Fsp3) is 0.600. The van der Waals surface area contributed by atoms with Gasteiger partial charge in [-0.1, -0.05) is 0 Å². The van der Waals surface area contributed by atoms with Crippen LogP contribution in [0.2, 0.25) is 0 Å². The second-order valence-electron chi connectivity index (χ2n) is 5.82. The van der Waals surface area contributed by atoms with Crippen molar-refractivity contribution in [2.24, 2.45) is 0 Å². The highest BCUT2D eigenvalue weighted by atomic mass is 19.1. The minimum atomic E-state index is -0.584. The van der Waals surface area contributed by atoms with Gasteiger partial charge in [0.05, 0.1) is 16.7 Å². The Hall–Kier alpha value is -1.69. The molecule has 1 atom stereocenters. The van der Waals surface area contributed by atoms with Crippen molar-refractivity contribution in [3.05, 3.63) is 34.1 Å². The highest BCUT2D eigenvalue weighted by molar-refractivity contribution is 5.50. The van der Waals surface area contributed by atoms with Crippen molar-refractivity contribution < 1.29 is 9.31 Å². The summed E-state index contributed by atoms with van der Waals surface area (Å²) < 4.78 is 13.9.